The average molecular weight is 210 g/mol. The van der Waals surface area contributed by atoms with Gasteiger partial charge in [0.15, 0.2) is 0 Å². The molecule has 0 radical (unpaired) electrons. The van der Waals surface area contributed by atoms with Crippen LogP contribution in [-0.4, -0.2) is 11.0 Å². The molecule has 0 aromatic heterocycles. The molecule has 0 aromatic carbocycles. The van der Waals surface area contributed by atoms with E-state index in [4.69, 9.17) is 0 Å². The zero-order valence-electron chi connectivity index (χ0n) is 9.79. The van der Waals surface area contributed by atoms with Gasteiger partial charge in [-0.15, -0.1) is 0 Å². The van der Waals surface area contributed by atoms with Crippen molar-refractivity contribution >= 4 is 11.8 Å². The first-order chi connectivity index (χ1) is 6.49. The van der Waals surface area contributed by atoms with Gasteiger partial charge in [-0.3, -0.25) is 0 Å². The van der Waals surface area contributed by atoms with Gasteiger partial charge < -0.3 is 0 Å². The Balaban J connectivity index is 2.25. The summed E-state index contributed by atoms with van der Waals surface area (Å²) in [5.74, 6) is 1.97. The van der Waals surface area contributed by atoms with Crippen LogP contribution in [0.5, 0.6) is 0 Å². The molecule has 2 unspecified atom stereocenters. The van der Waals surface area contributed by atoms with E-state index in [2.05, 4.69) is 63.8 Å². The Hall–Kier alpha value is -0.170. The molecule has 0 bridgehead atoms. The van der Waals surface area contributed by atoms with E-state index in [0.29, 0.717) is 16.6 Å². The molecule has 0 nitrogen and oxygen atoms in total. The minimum atomic E-state index is 0.477. The Morgan fingerprint density at radius 3 is 2.36 bits per heavy atom. The minimum absolute atomic E-state index is 0.477. The number of allylic oxidation sites excluding steroid dienone is 3. The van der Waals surface area contributed by atoms with E-state index in [1.54, 1.807) is 0 Å². The minimum Gasteiger partial charge on any atom is -0.154 e. The molecule has 1 heteroatoms. The molecule has 0 aromatic rings. The van der Waals surface area contributed by atoms with Gasteiger partial charge in [0, 0.05) is 5.25 Å². The second kappa shape index (κ2) is 5.06. The summed E-state index contributed by atoms with van der Waals surface area (Å²) in [6, 6.07) is 0. The van der Waals surface area contributed by atoms with Crippen LogP contribution in [0.2, 0.25) is 0 Å². The van der Waals surface area contributed by atoms with Gasteiger partial charge in [0.25, 0.3) is 0 Å². The van der Waals surface area contributed by atoms with Crippen molar-refractivity contribution in [1.82, 2.24) is 0 Å². The molecule has 0 heterocycles. The zero-order valence-corrected chi connectivity index (χ0v) is 10.6. The highest BCUT2D eigenvalue weighted by molar-refractivity contribution is 8.00. The van der Waals surface area contributed by atoms with Crippen molar-refractivity contribution in [3.63, 3.8) is 0 Å². The normalized spacial score (nSPS) is 26.9. The molecule has 2 atom stereocenters. The van der Waals surface area contributed by atoms with Crippen molar-refractivity contribution in [3.8, 4) is 0 Å². The van der Waals surface area contributed by atoms with Gasteiger partial charge in [-0.05, 0) is 23.5 Å². The van der Waals surface area contributed by atoms with Crippen LogP contribution >= 0.6 is 11.8 Å². The van der Waals surface area contributed by atoms with Crippen molar-refractivity contribution < 1.29 is 0 Å². The molecule has 1 rings (SSSR count). The lowest BCUT2D eigenvalue weighted by Crippen LogP contribution is -2.14. The molecule has 1 aliphatic carbocycles. The Labute approximate surface area is 92.9 Å². The highest BCUT2D eigenvalue weighted by atomic mass is 32.2. The topological polar surface area (TPSA) is 0 Å². The summed E-state index contributed by atoms with van der Waals surface area (Å²) in [6.07, 6.45) is 10.3. The van der Waals surface area contributed by atoms with Crippen LogP contribution in [-0.2, 0) is 0 Å². The van der Waals surface area contributed by atoms with Crippen LogP contribution in [0, 0.1) is 11.3 Å². The van der Waals surface area contributed by atoms with Crippen LogP contribution < -0.4 is 0 Å². The van der Waals surface area contributed by atoms with E-state index in [0.717, 1.165) is 0 Å². The monoisotopic (exact) mass is 210 g/mol. The maximum atomic E-state index is 2.33. The smallest absolute Gasteiger partial charge is 0.0290 e. The predicted octanol–water partition coefficient (Wildman–Crippen LogP) is 4.29. The van der Waals surface area contributed by atoms with Crippen LogP contribution in [0.3, 0.4) is 0 Å². The molecule has 80 valence electrons. The Bertz CT molecular complexity index is 220. The van der Waals surface area contributed by atoms with Crippen molar-refractivity contribution in [2.24, 2.45) is 11.3 Å². The molecule has 0 amide bonds. The standard InChI is InChI=1S/C13H22S/c1-11-7-5-6-8-12(11)14-10-9-13(2,3)4/h5-8,11-12H,9-10H2,1-4H3. The van der Waals surface area contributed by atoms with Gasteiger partial charge in [0.05, 0.1) is 0 Å². The zero-order chi connectivity index (χ0) is 10.6. The summed E-state index contributed by atoms with van der Waals surface area (Å²) in [5, 5.41) is 0.697. The highest BCUT2D eigenvalue weighted by Gasteiger charge is 2.16. The SMILES string of the molecule is CC1C=CC=CC1SCCC(C)(C)C. The fourth-order valence-electron chi connectivity index (χ4n) is 1.41. The molecule has 0 fully saturated rings. The number of thioether (sulfide) groups is 1. The van der Waals surface area contributed by atoms with Crippen LogP contribution in [0.15, 0.2) is 24.3 Å². The van der Waals surface area contributed by atoms with Crippen molar-refractivity contribution in [1.29, 1.82) is 0 Å². The lowest BCUT2D eigenvalue weighted by Gasteiger charge is -2.23. The van der Waals surface area contributed by atoms with Gasteiger partial charge in [-0.25, -0.2) is 0 Å². The van der Waals surface area contributed by atoms with E-state index in [9.17, 15) is 0 Å². The Morgan fingerprint density at radius 2 is 1.79 bits per heavy atom. The van der Waals surface area contributed by atoms with Gasteiger partial charge in [-0.1, -0.05) is 52.0 Å². The van der Waals surface area contributed by atoms with Gasteiger partial charge in [-0.2, -0.15) is 11.8 Å². The Morgan fingerprint density at radius 1 is 1.14 bits per heavy atom. The third kappa shape index (κ3) is 4.36. The fourth-order valence-corrected chi connectivity index (χ4v) is 3.00. The molecule has 0 saturated carbocycles. The van der Waals surface area contributed by atoms with Crippen molar-refractivity contribution in [3.05, 3.63) is 24.3 Å². The summed E-state index contributed by atoms with van der Waals surface area (Å²) in [7, 11) is 0. The fraction of sp³-hybridized carbons (Fsp3) is 0.692. The van der Waals surface area contributed by atoms with Crippen LogP contribution in [0.25, 0.3) is 0 Å². The van der Waals surface area contributed by atoms with E-state index in [1.165, 1.54) is 12.2 Å². The molecular weight excluding hydrogens is 188 g/mol. The molecule has 0 N–H and O–H groups in total. The van der Waals surface area contributed by atoms with Crippen molar-refractivity contribution in [2.45, 2.75) is 39.4 Å². The van der Waals surface area contributed by atoms with Gasteiger partial charge >= 0.3 is 0 Å². The van der Waals surface area contributed by atoms with E-state index >= 15 is 0 Å². The lowest BCUT2D eigenvalue weighted by molar-refractivity contribution is 0.401. The number of hydrogen-bond acceptors (Lipinski definition) is 1. The van der Waals surface area contributed by atoms with E-state index in [-0.39, 0.29) is 0 Å². The molecule has 0 saturated heterocycles. The molecular formula is C13H22S. The third-order valence-electron chi connectivity index (χ3n) is 2.51. The lowest BCUT2D eigenvalue weighted by atomic mass is 9.94. The quantitative estimate of drug-likeness (QED) is 0.670. The molecule has 14 heavy (non-hydrogen) atoms. The van der Waals surface area contributed by atoms with E-state index < -0.39 is 0 Å². The third-order valence-corrected chi connectivity index (χ3v) is 3.92. The Kier molecular flexibility index (Phi) is 4.31. The first-order valence-corrected chi connectivity index (χ1v) is 6.50. The molecule has 0 spiro atoms. The summed E-state index contributed by atoms with van der Waals surface area (Å²) in [4.78, 5) is 0. The number of rotatable bonds is 3. The van der Waals surface area contributed by atoms with Gasteiger partial charge in [0.2, 0.25) is 0 Å². The first kappa shape index (κ1) is 11.9. The molecule has 1 aliphatic rings. The largest absolute Gasteiger partial charge is 0.154 e. The predicted molar refractivity (Wildman–Crippen MR) is 67.8 cm³/mol. The van der Waals surface area contributed by atoms with E-state index in [1.807, 2.05) is 0 Å². The maximum absolute atomic E-state index is 2.33. The van der Waals surface area contributed by atoms with Crippen molar-refractivity contribution in [2.75, 3.05) is 5.75 Å². The van der Waals surface area contributed by atoms with Crippen LogP contribution in [0.1, 0.15) is 34.1 Å². The first-order valence-electron chi connectivity index (χ1n) is 5.46. The summed E-state index contributed by atoms with van der Waals surface area (Å²) >= 11 is 2.09. The van der Waals surface area contributed by atoms with Gasteiger partial charge in [0.1, 0.15) is 0 Å². The summed E-state index contributed by atoms with van der Waals surface area (Å²) in [5.41, 5.74) is 0.477. The molecule has 0 aliphatic heterocycles. The maximum Gasteiger partial charge on any atom is 0.0290 e. The second-order valence-corrected chi connectivity index (χ2v) is 6.56. The summed E-state index contributed by atoms with van der Waals surface area (Å²) in [6.45, 7) is 9.24. The number of hydrogen-bond donors (Lipinski definition) is 0. The highest BCUT2D eigenvalue weighted by Crippen LogP contribution is 2.29. The average Bonchev–Trinajstić information content (AvgIpc) is 2.06. The second-order valence-electron chi connectivity index (χ2n) is 5.27. The van der Waals surface area contributed by atoms with Crippen LogP contribution in [0.4, 0.5) is 0 Å². The summed E-state index contributed by atoms with van der Waals surface area (Å²) < 4.78 is 0.